The van der Waals surface area contributed by atoms with E-state index in [2.05, 4.69) is 15.0 Å². The minimum Gasteiger partial charge on any atom is -0.248 e. The molecule has 0 saturated carbocycles. The summed E-state index contributed by atoms with van der Waals surface area (Å²) in [4.78, 5) is 12.1. The lowest BCUT2D eigenvalue weighted by molar-refractivity contribution is 1.03. The van der Waals surface area contributed by atoms with Crippen LogP contribution in [0.4, 0.5) is 0 Å². The van der Waals surface area contributed by atoms with E-state index in [1.165, 1.54) is 18.0 Å². The van der Waals surface area contributed by atoms with Gasteiger partial charge in [-0.05, 0) is 23.9 Å². The standard InChI is InChI=1S/C10H5ClN4S/c11-7-1-2-9(14-4-7)16-10-6-13-8(3-12)5-15-10/h1-2,4-6H. The molecule has 0 fully saturated rings. The van der Waals surface area contributed by atoms with Crippen LogP contribution in [0.3, 0.4) is 0 Å². The molecule has 0 spiro atoms. The molecule has 2 rings (SSSR count). The Balaban J connectivity index is 2.15. The molecule has 16 heavy (non-hydrogen) atoms. The molecular formula is C10H5ClN4S. The van der Waals surface area contributed by atoms with E-state index in [4.69, 9.17) is 16.9 Å². The quantitative estimate of drug-likeness (QED) is 0.817. The molecule has 2 aromatic rings. The number of hydrogen-bond acceptors (Lipinski definition) is 5. The molecule has 0 aliphatic rings. The highest BCUT2D eigenvalue weighted by atomic mass is 35.5. The highest BCUT2D eigenvalue weighted by Crippen LogP contribution is 2.23. The molecule has 0 N–H and O–H groups in total. The summed E-state index contributed by atoms with van der Waals surface area (Å²) in [6, 6.07) is 5.47. The van der Waals surface area contributed by atoms with Crippen molar-refractivity contribution in [2.75, 3.05) is 0 Å². The van der Waals surface area contributed by atoms with Crippen LogP contribution in [0.15, 0.2) is 40.8 Å². The molecule has 0 atom stereocenters. The van der Waals surface area contributed by atoms with E-state index in [9.17, 15) is 0 Å². The number of pyridine rings is 1. The van der Waals surface area contributed by atoms with Crippen LogP contribution < -0.4 is 0 Å². The van der Waals surface area contributed by atoms with Crippen LogP contribution in [0.5, 0.6) is 0 Å². The molecule has 0 aliphatic carbocycles. The molecule has 0 saturated heterocycles. The van der Waals surface area contributed by atoms with Crippen molar-refractivity contribution in [3.8, 4) is 6.07 Å². The predicted octanol–water partition coefficient (Wildman–Crippen LogP) is 2.55. The first-order chi connectivity index (χ1) is 7.78. The lowest BCUT2D eigenvalue weighted by Crippen LogP contribution is -1.87. The van der Waals surface area contributed by atoms with Crippen LogP contribution in [-0.2, 0) is 0 Å². The zero-order valence-electron chi connectivity index (χ0n) is 7.96. The summed E-state index contributed by atoms with van der Waals surface area (Å²) in [6.45, 7) is 0. The lowest BCUT2D eigenvalue weighted by Gasteiger charge is -1.98. The molecule has 0 bridgehead atoms. The minimum absolute atomic E-state index is 0.299. The van der Waals surface area contributed by atoms with E-state index in [-0.39, 0.29) is 0 Å². The smallest absolute Gasteiger partial charge is 0.158 e. The van der Waals surface area contributed by atoms with Crippen molar-refractivity contribution in [1.82, 2.24) is 15.0 Å². The molecule has 0 amide bonds. The first kappa shape index (κ1) is 10.9. The van der Waals surface area contributed by atoms with Crippen LogP contribution in [0.2, 0.25) is 5.02 Å². The van der Waals surface area contributed by atoms with Crippen LogP contribution in [0.1, 0.15) is 5.69 Å². The Morgan fingerprint density at radius 1 is 1.06 bits per heavy atom. The third kappa shape index (κ3) is 2.69. The number of halogens is 1. The van der Waals surface area contributed by atoms with Gasteiger partial charge in [0.05, 0.1) is 17.4 Å². The molecule has 4 nitrogen and oxygen atoms in total. The van der Waals surface area contributed by atoms with E-state index in [1.807, 2.05) is 6.07 Å². The van der Waals surface area contributed by atoms with E-state index in [0.29, 0.717) is 15.7 Å². The fraction of sp³-hybridized carbons (Fsp3) is 0. The maximum absolute atomic E-state index is 8.56. The van der Waals surface area contributed by atoms with Gasteiger partial charge in [0.25, 0.3) is 0 Å². The summed E-state index contributed by atoms with van der Waals surface area (Å²) >= 11 is 7.08. The van der Waals surface area contributed by atoms with Gasteiger partial charge in [-0.1, -0.05) is 11.6 Å². The first-order valence-electron chi connectivity index (χ1n) is 4.29. The largest absolute Gasteiger partial charge is 0.248 e. The Morgan fingerprint density at radius 2 is 1.88 bits per heavy atom. The van der Waals surface area contributed by atoms with Gasteiger partial charge in [-0.3, -0.25) is 0 Å². The third-order valence-corrected chi connectivity index (χ3v) is 2.75. The number of aromatic nitrogens is 3. The summed E-state index contributed by atoms with van der Waals surface area (Å²) in [6.07, 6.45) is 4.54. The lowest BCUT2D eigenvalue weighted by atomic mass is 10.5. The second-order valence-electron chi connectivity index (χ2n) is 2.77. The molecule has 0 unspecified atom stereocenters. The van der Waals surface area contributed by atoms with Crippen molar-refractivity contribution >= 4 is 23.4 Å². The fourth-order valence-electron chi connectivity index (χ4n) is 0.956. The monoisotopic (exact) mass is 248 g/mol. The van der Waals surface area contributed by atoms with Crippen LogP contribution in [-0.4, -0.2) is 15.0 Å². The van der Waals surface area contributed by atoms with Gasteiger partial charge >= 0.3 is 0 Å². The Labute approximate surface area is 101 Å². The van der Waals surface area contributed by atoms with E-state index < -0.39 is 0 Å². The molecule has 2 heterocycles. The summed E-state index contributed by atoms with van der Waals surface area (Å²) < 4.78 is 0. The van der Waals surface area contributed by atoms with E-state index in [0.717, 1.165) is 5.03 Å². The van der Waals surface area contributed by atoms with Gasteiger partial charge in [0, 0.05) is 6.20 Å². The first-order valence-corrected chi connectivity index (χ1v) is 5.49. The summed E-state index contributed by atoms with van der Waals surface area (Å²) in [7, 11) is 0. The SMILES string of the molecule is N#Cc1cnc(Sc2ccc(Cl)cn2)cn1. The van der Waals surface area contributed by atoms with Crippen molar-refractivity contribution in [3.63, 3.8) is 0 Å². The van der Waals surface area contributed by atoms with Crippen LogP contribution >= 0.6 is 23.4 Å². The molecule has 78 valence electrons. The Bertz CT molecular complexity index is 518. The predicted molar refractivity (Wildman–Crippen MR) is 60.1 cm³/mol. The Hall–Kier alpha value is -1.64. The second-order valence-corrected chi connectivity index (χ2v) is 4.25. The maximum Gasteiger partial charge on any atom is 0.158 e. The zero-order valence-corrected chi connectivity index (χ0v) is 9.53. The topological polar surface area (TPSA) is 62.5 Å². The molecule has 2 aromatic heterocycles. The average molecular weight is 249 g/mol. The fourth-order valence-corrected chi connectivity index (χ4v) is 1.73. The highest BCUT2D eigenvalue weighted by Gasteiger charge is 2.01. The second kappa shape index (κ2) is 4.92. The number of hydrogen-bond donors (Lipinski definition) is 0. The molecular weight excluding hydrogens is 244 g/mol. The minimum atomic E-state index is 0.299. The van der Waals surface area contributed by atoms with E-state index >= 15 is 0 Å². The van der Waals surface area contributed by atoms with Crippen LogP contribution in [0, 0.1) is 11.3 Å². The third-order valence-electron chi connectivity index (χ3n) is 1.65. The average Bonchev–Trinajstić information content (AvgIpc) is 2.33. The van der Waals surface area contributed by atoms with Crippen LogP contribution in [0.25, 0.3) is 0 Å². The molecule has 0 aliphatic heterocycles. The summed E-state index contributed by atoms with van der Waals surface area (Å²) in [5, 5.41) is 10.6. The van der Waals surface area contributed by atoms with Gasteiger partial charge in [-0.2, -0.15) is 5.26 Å². The van der Waals surface area contributed by atoms with Gasteiger partial charge in [-0.15, -0.1) is 0 Å². The normalized spacial score (nSPS) is 9.75. The van der Waals surface area contributed by atoms with Crippen molar-refractivity contribution in [2.24, 2.45) is 0 Å². The number of nitriles is 1. The zero-order chi connectivity index (χ0) is 11.4. The van der Waals surface area contributed by atoms with E-state index in [1.54, 1.807) is 24.5 Å². The molecule has 0 radical (unpaired) electrons. The van der Waals surface area contributed by atoms with Gasteiger partial charge in [-0.25, -0.2) is 15.0 Å². The number of rotatable bonds is 2. The highest BCUT2D eigenvalue weighted by molar-refractivity contribution is 7.99. The number of nitrogens with zero attached hydrogens (tertiary/aromatic N) is 4. The molecule has 0 aromatic carbocycles. The van der Waals surface area contributed by atoms with Gasteiger partial charge in [0.2, 0.25) is 0 Å². The Kier molecular flexibility index (Phi) is 3.34. The maximum atomic E-state index is 8.56. The van der Waals surface area contributed by atoms with Gasteiger partial charge < -0.3 is 0 Å². The van der Waals surface area contributed by atoms with Gasteiger partial charge in [0.15, 0.2) is 5.69 Å². The van der Waals surface area contributed by atoms with Crippen molar-refractivity contribution < 1.29 is 0 Å². The summed E-state index contributed by atoms with van der Waals surface area (Å²) in [5.74, 6) is 0. The van der Waals surface area contributed by atoms with Gasteiger partial charge in [0.1, 0.15) is 16.1 Å². The van der Waals surface area contributed by atoms with Crippen molar-refractivity contribution in [2.45, 2.75) is 10.1 Å². The van der Waals surface area contributed by atoms with Crippen molar-refractivity contribution in [3.05, 3.63) is 41.4 Å². The molecule has 6 heteroatoms. The Morgan fingerprint density at radius 3 is 2.44 bits per heavy atom. The van der Waals surface area contributed by atoms with Crippen molar-refractivity contribution in [1.29, 1.82) is 5.26 Å². The summed E-state index contributed by atoms with van der Waals surface area (Å²) in [5.41, 5.74) is 0.299.